The van der Waals surface area contributed by atoms with E-state index in [9.17, 15) is 10.1 Å². The Hall–Kier alpha value is -3.30. The van der Waals surface area contributed by atoms with Crippen molar-refractivity contribution in [2.24, 2.45) is 0 Å². The minimum atomic E-state index is -0.401. The standard InChI is InChI=1S/C21H19N5O2S2/c1-12(2)13-7-9-14(10-8-13)23-21-25-19(22)18(30-21)20-24-16(11-29-20)15-5-3-4-6-17(15)26(27)28/h3-12H,22H2,1-2H3,(H,23,25). The fraction of sp³-hybridized carbons (Fsp3) is 0.143. The lowest BCUT2D eigenvalue weighted by atomic mass is 10.0. The summed E-state index contributed by atoms with van der Waals surface area (Å²) in [5.74, 6) is 0.852. The van der Waals surface area contributed by atoms with Gasteiger partial charge in [0, 0.05) is 17.1 Å². The minimum absolute atomic E-state index is 0.0267. The number of para-hydroxylation sites is 1. The van der Waals surface area contributed by atoms with Crippen LogP contribution < -0.4 is 11.1 Å². The zero-order valence-corrected chi connectivity index (χ0v) is 18.0. The third-order valence-electron chi connectivity index (χ3n) is 4.56. The van der Waals surface area contributed by atoms with E-state index in [0.717, 1.165) is 10.6 Å². The molecule has 0 aliphatic heterocycles. The van der Waals surface area contributed by atoms with Crippen LogP contribution in [0, 0.1) is 10.1 Å². The van der Waals surface area contributed by atoms with Gasteiger partial charge in [0.1, 0.15) is 15.7 Å². The molecule has 0 saturated heterocycles. The number of aromatic nitrogens is 2. The number of nitro groups is 1. The first-order valence-electron chi connectivity index (χ1n) is 9.25. The van der Waals surface area contributed by atoms with E-state index in [1.165, 1.54) is 34.3 Å². The molecule has 0 bridgehead atoms. The van der Waals surface area contributed by atoms with Crippen molar-refractivity contribution < 1.29 is 4.92 Å². The molecule has 3 N–H and O–H groups in total. The number of rotatable bonds is 6. The maximum absolute atomic E-state index is 11.3. The Morgan fingerprint density at radius 3 is 2.53 bits per heavy atom. The molecule has 7 nitrogen and oxygen atoms in total. The zero-order chi connectivity index (χ0) is 21.3. The van der Waals surface area contributed by atoms with Gasteiger partial charge in [-0.1, -0.05) is 49.4 Å². The van der Waals surface area contributed by atoms with Gasteiger partial charge < -0.3 is 11.1 Å². The molecule has 9 heteroatoms. The topological polar surface area (TPSA) is 107 Å². The first kappa shape index (κ1) is 20.0. The Morgan fingerprint density at radius 1 is 1.10 bits per heavy atom. The van der Waals surface area contributed by atoms with Gasteiger partial charge in [0.15, 0.2) is 5.13 Å². The maximum Gasteiger partial charge on any atom is 0.278 e. The monoisotopic (exact) mass is 437 g/mol. The SMILES string of the molecule is CC(C)c1ccc(Nc2nc(N)c(-c3nc(-c4ccccc4[N+](=O)[O-])cs3)s2)cc1. The van der Waals surface area contributed by atoms with E-state index < -0.39 is 4.92 Å². The molecular formula is C21H19N5O2S2. The molecule has 0 radical (unpaired) electrons. The highest BCUT2D eigenvalue weighted by molar-refractivity contribution is 7.23. The summed E-state index contributed by atoms with van der Waals surface area (Å²) < 4.78 is 0. The number of nitro benzene ring substituents is 1. The van der Waals surface area contributed by atoms with Gasteiger partial charge in [-0.05, 0) is 29.7 Å². The Bertz CT molecular complexity index is 1200. The Kier molecular flexibility index (Phi) is 5.47. The highest BCUT2D eigenvalue weighted by Gasteiger charge is 2.19. The van der Waals surface area contributed by atoms with Gasteiger partial charge in [-0.25, -0.2) is 9.97 Å². The van der Waals surface area contributed by atoms with E-state index >= 15 is 0 Å². The molecule has 0 spiro atoms. The van der Waals surface area contributed by atoms with Crippen molar-refractivity contribution in [1.82, 2.24) is 9.97 Å². The van der Waals surface area contributed by atoms with Gasteiger partial charge in [0.05, 0.1) is 16.2 Å². The van der Waals surface area contributed by atoms with E-state index in [2.05, 4.69) is 41.3 Å². The molecule has 152 valence electrons. The molecule has 0 unspecified atom stereocenters. The summed E-state index contributed by atoms with van der Waals surface area (Å²) in [6.45, 7) is 4.31. The number of nitrogens with zero attached hydrogens (tertiary/aromatic N) is 3. The average molecular weight is 438 g/mol. The molecule has 0 atom stereocenters. The smallest absolute Gasteiger partial charge is 0.278 e. The van der Waals surface area contributed by atoms with Crippen LogP contribution in [0.15, 0.2) is 53.9 Å². The number of nitrogens with two attached hydrogens (primary N) is 1. The summed E-state index contributed by atoms with van der Waals surface area (Å²) in [4.78, 5) is 20.6. The number of nitrogens with one attached hydrogen (secondary N) is 1. The van der Waals surface area contributed by atoms with Gasteiger partial charge in [-0.15, -0.1) is 11.3 Å². The van der Waals surface area contributed by atoms with Crippen molar-refractivity contribution in [3.63, 3.8) is 0 Å². The second kappa shape index (κ2) is 8.21. The number of thiazole rings is 2. The first-order valence-corrected chi connectivity index (χ1v) is 10.9. The van der Waals surface area contributed by atoms with Gasteiger partial charge in [0.2, 0.25) is 0 Å². The highest BCUT2D eigenvalue weighted by atomic mass is 32.1. The quantitative estimate of drug-likeness (QED) is 0.271. The van der Waals surface area contributed by atoms with Crippen molar-refractivity contribution in [3.05, 3.63) is 69.6 Å². The van der Waals surface area contributed by atoms with Crippen molar-refractivity contribution in [2.75, 3.05) is 11.1 Å². The highest BCUT2D eigenvalue weighted by Crippen LogP contribution is 2.40. The number of anilines is 3. The van der Waals surface area contributed by atoms with Gasteiger partial charge in [-0.3, -0.25) is 10.1 Å². The molecule has 2 heterocycles. The molecule has 4 aromatic rings. The summed E-state index contributed by atoms with van der Waals surface area (Å²) in [6.07, 6.45) is 0. The van der Waals surface area contributed by atoms with Crippen molar-refractivity contribution in [3.8, 4) is 21.1 Å². The predicted octanol–water partition coefficient (Wildman–Crippen LogP) is 6.29. The predicted molar refractivity (Wildman–Crippen MR) is 124 cm³/mol. The molecule has 0 saturated carbocycles. The van der Waals surface area contributed by atoms with Crippen LogP contribution in [0.3, 0.4) is 0 Å². The largest absolute Gasteiger partial charge is 0.382 e. The second-order valence-electron chi connectivity index (χ2n) is 6.95. The molecule has 0 aliphatic carbocycles. The third kappa shape index (κ3) is 4.03. The summed E-state index contributed by atoms with van der Waals surface area (Å²) in [5, 5.41) is 17.7. The number of benzene rings is 2. The van der Waals surface area contributed by atoms with Crippen molar-refractivity contribution >= 4 is 45.0 Å². The minimum Gasteiger partial charge on any atom is -0.382 e. The van der Waals surface area contributed by atoms with E-state index in [1.807, 2.05) is 12.1 Å². The van der Waals surface area contributed by atoms with Crippen LogP contribution in [0.25, 0.3) is 21.1 Å². The van der Waals surface area contributed by atoms with E-state index in [4.69, 9.17) is 5.73 Å². The lowest BCUT2D eigenvalue weighted by Crippen LogP contribution is -1.92. The summed E-state index contributed by atoms with van der Waals surface area (Å²) >= 11 is 2.79. The van der Waals surface area contributed by atoms with Crippen molar-refractivity contribution in [2.45, 2.75) is 19.8 Å². The third-order valence-corrected chi connectivity index (χ3v) is 6.54. The lowest BCUT2D eigenvalue weighted by molar-refractivity contribution is -0.384. The van der Waals surface area contributed by atoms with Crippen LogP contribution in [0.4, 0.5) is 22.3 Å². The molecular weight excluding hydrogens is 418 g/mol. The summed E-state index contributed by atoms with van der Waals surface area (Å²) in [5.41, 5.74) is 9.39. The van der Waals surface area contributed by atoms with Gasteiger partial charge >= 0.3 is 0 Å². The van der Waals surface area contributed by atoms with E-state index in [-0.39, 0.29) is 5.69 Å². The number of nitrogen functional groups attached to an aromatic ring is 1. The molecule has 0 amide bonds. The van der Waals surface area contributed by atoms with E-state index in [0.29, 0.717) is 33.1 Å². The summed E-state index contributed by atoms with van der Waals surface area (Å²) in [7, 11) is 0. The average Bonchev–Trinajstić information content (AvgIpc) is 3.35. The zero-order valence-electron chi connectivity index (χ0n) is 16.3. The molecule has 2 aromatic heterocycles. The number of hydrogen-bond acceptors (Lipinski definition) is 8. The molecule has 2 aromatic carbocycles. The van der Waals surface area contributed by atoms with Crippen LogP contribution in [0.1, 0.15) is 25.3 Å². The Labute approximate surface area is 181 Å². The van der Waals surface area contributed by atoms with Crippen LogP contribution in [0.5, 0.6) is 0 Å². The molecule has 0 fully saturated rings. The van der Waals surface area contributed by atoms with Crippen LogP contribution >= 0.6 is 22.7 Å². The summed E-state index contributed by atoms with van der Waals surface area (Å²) in [6, 6.07) is 14.8. The molecule has 4 rings (SSSR count). The Balaban J connectivity index is 1.59. The van der Waals surface area contributed by atoms with Gasteiger partial charge in [0.25, 0.3) is 5.69 Å². The van der Waals surface area contributed by atoms with E-state index in [1.54, 1.807) is 23.6 Å². The maximum atomic E-state index is 11.3. The number of hydrogen-bond donors (Lipinski definition) is 2. The van der Waals surface area contributed by atoms with Crippen LogP contribution in [-0.2, 0) is 0 Å². The fourth-order valence-electron chi connectivity index (χ4n) is 2.96. The first-order chi connectivity index (χ1) is 14.4. The van der Waals surface area contributed by atoms with Gasteiger partial charge in [-0.2, -0.15) is 0 Å². The van der Waals surface area contributed by atoms with Crippen molar-refractivity contribution in [1.29, 1.82) is 0 Å². The van der Waals surface area contributed by atoms with Crippen LogP contribution in [0.2, 0.25) is 0 Å². The lowest BCUT2D eigenvalue weighted by Gasteiger charge is -2.07. The normalized spacial score (nSPS) is 11.0. The fourth-order valence-corrected chi connectivity index (χ4v) is 4.79. The van der Waals surface area contributed by atoms with Crippen LogP contribution in [-0.4, -0.2) is 14.9 Å². The molecule has 0 aliphatic rings. The Morgan fingerprint density at radius 2 is 1.83 bits per heavy atom. The molecule has 30 heavy (non-hydrogen) atoms. The second-order valence-corrected chi connectivity index (χ2v) is 8.80.